The van der Waals surface area contributed by atoms with Crippen molar-refractivity contribution in [2.75, 3.05) is 13.2 Å². The number of aliphatic carboxylic acids is 2. The standard InChI is InChI=1S/C5H10O3.C2H4O3.C2H4O2/c1-3-8-5(7)4(2)6;3-1-2(4)5;1-2(3)4/h4,6H,3H2,1-2H3;3H,1H2,(H,4,5);1H3,(H,3,4). The summed E-state index contributed by atoms with van der Waals surface area (Å²) in [6.45, 7) is 3.70. The SMILES string of the molecule is CC(=O)O.CCOC(=O)C(C)O.O=C(O)CO. The van der Waals surface area contributed by atoms with Gasteiger partial charge >= 0.3 is 11.9 Å². The zero-order chi connectivity index (χ0) is 14.4. The lowest BCUT2D eigenvalue weighted by atomic mass is 10.4. The molecule has 17 heavy (non-hydrogen) atoms. The van der Waals surface area contributed by atoms with Crippen molar-refractivity contribution in [3.8, 4) is 0 Å². The molecule has 0 spiro atoms. The first kappa shape index (κ1) is 20.7. The number of esters is 1. The highest BCUT2D eigenvalue weighted by molar-refractivity contribution is 5.73. The van der Waals surface area contributed by atoms with Crippen LogP contribution in [0.2, 0.25) is 0 Å². The minimum absolute atomic E-state index is 0.323. The molecule has 102 valence electrons. The van der Waals surface area contributed by atoms with E-state index in [1.807, 2.05) is 0 Å². The molecule has 0 aromatic heterocycles. The van der Waals surface area contributed by atoms with Crippen LogP contribution in [0.4, 0.5) is 0 Å². The van der Waals surface area contributed by atoms with Crippen LogP contribution in [0.5, 0.6) is 0 Å². The van der Waals surface area contributed by atoms with Gasteiger partial charge in [-0.3, -0.25) is 4.79 Å². The fourth-order valence-electron chi connectivity index (χ4n) is 0.263. The molecule has 0 aliphatic rings. The van der Waals surface area contributed by atoms with Crippen molar-refractivity contribution in [1.29, 1.82) is 0 Å². The molecule has 0 bridgehead atoms. The van der Waals surface area contributed by atoms with Crippen molar-refractivity contribution in [3.05, 3.63) is 0 Å². The average Bonchev–Trinajstić information content (AvgIpc) is 2.18. The van der Waals surface area contributed by atoms with Gasteiger partial charge in [0.2, 0.25) is 0 Å². The Bertz CT molecular complexity index is 219. The third-order valence-electron chi connectivity index (χ3n) is 0.763. The van der Waals surface area contributed by atoms with Gasteiger partial charge in [-0.15, -0.1) is 0 Å². The highest BCUT2D eigenvalue weighted by atomic mass is 16.5. The summed E-state index contributed by atoms with van der Waals surface area (Å²) < 4.78 is 4.41. The lowest BCUT2D eigenvalue weighted by Gasteiger charge is -2.01. The molecule has 1 atom stereocenters. The summed E-state index contributed by atoms with van der Waals surface area (Å²) in [5, 5.41) is 30.9. The van der Waals surface area contributed by atoms with Gasteiger partial charge in [0.05, 0.1) is 6.61 Å². The van der Waals surface area contributed by atoms with Gasteiger partial charge < -0.3 is 25.2 Å². The Labute approximate surface area is 98.4 Å². The molecule has 0 saturated carbocycles. The van der Waals surface area contributed by atoms with E-state index in [9.17, 15) is 4.79 Å². The molecule has 0 amide bonds. The summed E-state index contributed by atoms with van der Waals surface area (Å²) >= 11 is 0. The molecular formula is C9H18O8. The van der Waals surface area contributed by atoms with Gasteiger partial charge in [0.15, 0.2) is 0 Å². The maximum atomic E-state index is 10.3. The molecule has 0 fully saturated rings. The van der Waals surface area contributed by atoms with Gasteiger partial charge in [-0.1, -0.05) is 0 Å². The van der Waals surface area contributed by atoms with E-state index in [1.54, 1.807) is 6.92 Å². The van der Waals surface area contributed by atoms with Crippen LogP contribution in [0.15, 0.2) is 0 Å². The summed E-state index contributed by atoms with van der Waals surface area (Å²) in [5.41, 5.74) is 0. The molecule has 8 heteroatoms. The van der Waals surface area contributed by atoms with E-state index in [0.29, 0.717) is 6.61 Å². The van der Waals surface area contributed by atoms with Crippen LogP contribution < -0.4 is 0 Å². The molecular weight excluding hydrogens is 236 g/mol. The van der Waals surface area contributed by atoms with E-state index >= 15 is 0 Å². The quantitative estimate of drug-likeness (QED) is 0.474. The molecule has 0 aliphatic carbocycles. The maximum Gasteiger partial charge on any atom is 0.334 e. The molecule has 0 radical (unpaired) electrons. The largest absolute Gasteiger partial charge is 0.481 e. The predicted molar refractivity (Wildman–Crippen MR) is 56.3 cm³/mol. The second-order valence-electron chi connectivity index (χ2n) is 2.50. The Hall–Kier alpha value is -1.67. The molecule has 0 heterocycles. The Morgan fingerprint density at radius 1 is 1.24 bits per heavy atom. The Kier molecular flexibility index (Phi) is 17.5. The number of hydrogen-bond donors (Lipinski definition) is 4. The van der Waals surface area contributed by atoms with Gasteiger partial charge in [0, 0.05) is 6.92 Å². The number of carboxylic acids is 2. The molecule has 0 saturated heterocycles. The molecule has 0 aromatic rings. The lowest BCUT2D eigenvalue weighted by Crippen LogP contribution is -2.18. The topological polar surface area (TPSA) is 141 Å². The Morgan fingerprint density at radius 3 is 1.59 bits per heavy atom. The molecule has 0 rings (SSSR count). The molecule has 1 unspecified atom stereocenters. The number of ether oxygens (including phenoxy) is 1. The van der Waals surface area contributed by atoms with E-state index in [0.717, 1.165) is 6.92 Å². The molecule has 8 nitrogen and oxygen atoms in total. The van der Waals surface area contributed by atoms with Crippen molar-refractivity contribution in [3.63, 3.8) is 0 Å². The van der Waals surface area contributed by atoms with Crippen LogP contribution >= 0.6 is 0 Å². The number of carboxylic acid groups (broad SMARTS) is 2. The van der Waals surface area contributed by atoms with Crippen LogP contribution in [0, 0.1) is 0 Å². The van der Waals surface area contributed by atoms with Crippen LogP contribution in [-0.2, 0) is 19.1 Å². The minimum Gasteiger partial charge on any atom is -0.481 e. The summed E-state index contributed by atoms with van der Waals surface area (Å²) in [6.07, 6.45) is -0.991. The van der Waals surface area contributed by atoms with Gasteiger partial charge in [-0.25, -0.2) is 9.59 Å². The first-order chi connectivity index (χ1) is 7.68. The van der Waals surface area contributed by atoms with Crippen LogP contribution in [0.25, 0.3) is 0 Å². The van der Waals surface area contributed by atoms with Crippen LogP contribution in [0.3, 0.4) is 0 Å². The average molecular weight is 254 g/mol. The molecule has 4 N–H and O–H groups in total. The number of hydrogen-bond acceptors (Lipinski definition) is 6. The van der Waals surface area contributed by atoms with Crippen molar-refractivity contribution >= 4 is 17.9 Å². The second-order valence-corrected chi connectivity index (χ2v) is 2.50. The van der Waals surface area contributed by atoms with Crippen LogP contribution in [-0.4, -0.2) is 57.7 Å². The fourth-order valence-corrected chi connectivity index (χ4v) is 0.263. The second kappa shape index (κ2) is 14.3. The van der Waals surface area contributed by atoms with E-state index < -0.39 is 30.6 Å². The normalized spacial score (nSPS) is 9.71. The van der Waals surface area contributed by atoms with Crippen molar-refractivity contribution in [2.45, 2.75) is 26.9 Å². The Morgan fingerprint density at radius 2 is 1.53 bits per heavy atom. The number of aliphatic hydroxyl groups is 2. The Balaban J connectivity index is -0.000000188. The first-order valence-corrected chi connectivity index (χ1v) is 4.55. The van der Waals surface area contributed by atoms with Gasteiger partial charge in [0.25, 0.3) is 5.97 Å². The van der Waals surface area contributed by atoms with E-state index in [4.69, 9.17) is 30.0 Å². The van der Waals surface area contributed by atoms with Crippen molar-refractivity contribution < 1.29 is 39.5 Å². The highest BCUT2D eigenvalue weighted by Crippen LogP contribution is 1.84. The number of rotatable bonds is 3. The number of carbonyl (C=O) groups is 3. The maximum absolute atomic E-state index is 10.3. The zero-order valence-electron chi connectivity index (χ0n) is 9.91. The summed E-state index contributed by atoms with van der Waals surface area (Å²) in [7, 11) is 0. The number of aliphatic hydroxyl groups excluding tert-OH is 2. The summed E-state index contributed by atoms with van der Waals surface area (Å²) in [6, 6.07) is 0. The smallest absolute Gasteiger partial charge is 0.334 e. The number of carbonyl (C=O) groups excluding carboxylic acids is 1. The van der Waals surface area contributed by atoms with Crippen LogP contribution in [0.1, 0.15) is 20.8 Å². The third-order valence-corrected chi connectivity index (χ3v) is 0.763. The monoisotopic (exact) mass is 254 g/mol. The summed E-state index contributed by atoms with van der Waals surface area (Å²) in [5.74, 6) is -2.59. The van der Waals surface area contributed by atoms with E-state index in [-0.39, 0.29) is 0 Å². The van der Waals surface area contributed by atoms with Gasteiger partial charge in [-0.05, 0) is 13.8 Å². The zero-order valence-corrected chi connectivity index (χ0v) is 9.91. The molecule has 0 aliphatic heterocycles. The van der Waals surface area contributed by atoms with Crippen molar-refractivity contribution in [1.82, 2.24) is 0 Å². The van der Waals surface area contributed by atoms with Gasteiger partial charge in [-0.2, -0.15) is 0 Å². The molecule has 0 aromatic carbocycles. The minimum atomic E-state index is -1.19. The third kappa shape index (κ3) is 40.5. The van der Waals surface area contributed by atoms with E-state index in [1.165, 1.54) is 6.92 Å². The first-order valence-electron chi connectivity index (χ1n) is 4.55. The summed E-state index contributed by atoms with van der Waals surface area (Å²) in [4.78, 5) is 28.4. The lowest BCUT2D eigenvalue weighted by molar-refractivity contribution is -0.152. The van der Waals surface area contributed by atoms with Crippen molar-refractivity contribution in [2.24, 2.45) is 0 Å². The predicted octanol–water partition coefficient (Wildman–Crippen LogP) is -0.915. The van der Waals surface area contributed by atoms with E-state index in [2.05, 4.69) is 4.74 Å². The fraction of sp³-hybridized carbons (Fsp3) is 0.667. The van der Waals surface area contributed by atoms with Gasteiger partial charge in [0.1, 0.15) is 12.7 Å². The highest BCUT2D eigenvalue weighted by Gasteiger charge is 2.07.